The third-order valence-electron chi connectivity index (χ3n) is 11.3. The van der Waals surface area contributed by atoms with Gasteiger partial charge in [0, 0.05) is 29.9 Å². The van der Waals surface area contributed by atoms with Gasteiger partial charge in [-0.3, -0.25) is 19.1 Å². The summed E-state index contributed by atoms with van der Waals surface area (Å²) in [6.07, 6.45) is 6.18. The Morgan fingerprint density at radius 3 is 2.52 bits per heavy atom. The van der Waals surface area contributed by atoms with Gasteiger partial charge in [0.2, 0.25) is 27.7 Å². The van der Waals surface area contributed by atoms with Crippen LogP contribution in [0.3, 0.4) is 0 Å². The minimum absolute atomic E-state index is 0.0403. The average molecular weight is 799 g/mol. The van der Waals surface area contributed by atoms with E-state index in [1.165, 1.54) is 11.0 Å². The van der Waals surface area contributed by atoms with E-state index in [1.807, 2.05) is 26.0 Å². The second kappa shape index (κ2) is 15.6. The largest absolute Gasteiger partial charge is 0.488 e. The van der Waals surface area contributed by atoms with Crippen molar-refractivity contribution in [2.24, 2.45) is 11.3 Å². The van der Waals surface area contributed by atoms with Gasteiger partial charge in [-0.15, -0.1) is 0 Å². The molecule has 306 valence electrons. The number of fused-ring (bicyclic) bond motifs is 3. The fraction of sp³-hybridized carbons (Fsp3) is 0.634. The van der Waals surface area contributed by atoms with Gasteiger partial charge >= 0.3 is 6.09 Å². The zero-order valence-corrected chi connectivity index (χ0v) is 34.2. The van der Waals surface area contributed by atoms with Crippen LogP contribution in [-0.2, 0) is 29.1 Å². The molecule has 0 unspecified atom stereocenters. The molecule has 3 amide bonds. The van der Waals surface area contributed by atoms with Crippen molar-refractivity contribution in [1.29, 1.82) is 0 Å². The molecule has 1 saturated heterocycles. The SMILES string of the molecule is Cc1c(F)ccc2c(O[C@@H]3C[C@H]4C(=O)C[C@]5(C(=O)NS(=O)(=O)C6(C)CC6)C[C@H]5/C=C\CCCCC[C@H](NC(=O)OC(C)(C)C)C(=O)N4C3)cc(OC(C)C)nc12. The van der Waals surface area contributed by atoms with Crippen LogP contribution in [0.2, 0.25) is 0 Å². The number of aryl methyl sites for hydroxylation is 1. The van der Waals surface area contributed by atoms with E-state index in [0.717, 1.165) is 12.8 Å². The number of allylic oxidation sites excluding steroid dienone is 2. The van der Waals surface area contributed by atoms with Gasteiger partial charge in [-0.2, -0.15) is 0 Å². The molecule has 13 nitrogen and oxygen atoms in total. The van der Waals surface area contributed by atoms with Crippen LogP contribution in [0.5, 0.6) is 11.6 Å². The number of rotatable bonds is 8. The number of sulfonamides is 1. The third-order valence-corrected chi connectivity index (χ3v) is 13.5. The number of alkyl carbamates (subject to hydrolysis) is 1. The van der Waals surface area contributed by atoms with Gasteiger partial charge in [0.05, 0.1) is 34.4 Å². The number of nitrogens with one attached hydrogen (secondary N) is 2. The Kier molecular flexibility index (Phi) is 11.5. The van der Waals surface area contributed by atoms with E-state index < -0.39 is 73.5 Å². The molecule has 1 aromatic carbocycles. The van der Waals surface area contributed by atoms with Crippen molar-refractivity contribution in [1.82, 2.24) is 19.9 Å². The van der Waals surface area contributed by atoms with Gasteiger partial charge in [-0.1, -0.05) is 25.0 Å². The van der Waals surface area contributed by atoms with Gasteiger partial charge < -0.3 is 24.4 Å². The second-order valence-electron chi connectivity index (χ2n) is 17.4. The first-order chi connectivity index (χ1) is 26.2. The predicted octanol–water partition coefficient (Wildman–Crippen LogP) is 6.20. The standard InChI is InChI=1S/C41H55FN4O9S/c1-24(2)53-34-20-33(28-15-16-29(42)25(3)35(28)44-34)54-27-19-31-32(47)22-41(37(49)45-56(51,52)40(7)17-18-40)21-26(41)13-11-9-8-10-12-14-30(36(48)46(31)23-27)43-38(50)55-39(4,5)6/h11,13,15-16,20,24,26-27,30-31H,8-10,12,14,17-19,21-23H2,1-7H3,(H,43,50)(H,45,49)/b13-11-/t26-,27-,30+,31+,41-/m1/s1. The summed E-state index contributed by atoms with van der Waals surface area (Å²) in [6, 6.07) is 2.40. The Hall–Kier alpha value is -4.27. The number of benzene rings is 1. The van der Waals surface area contributed by atoms with Crippen LogP contribution in [-0.4, -0.2) is 83.2 Å². The maximum Gasteiger partial charge on any atom is 0.408 e. The van der Waals surface area contributed by atoms with Gasteiger partial charge in [0.15, 0.2) is 5.78 Å². The van der Waals surface area contributed by atoms with Gasteiger partial charge in [0.1, 0.15) is 29.3 Å². The number of carbonyl (C=O) groups excluding carboxylic acids is 4. The molecular weight excluding hydrogens is 744 g/mol. The molecule has 2 saturated carbocycles. The summed E-state index contributed by atoms with van der Waals surface area (Å²) in [6.45, 7) is 12.0. The minimum atomic E-state index is -3.98. The highest BCUT2D eigenvalue weighted by Gasteiger charge is 2.62. The summed E-state index contributed by atoms with van der Waals surface area (Å²) >= 11 is 0. The van der Waals surface area contributed by atoms with Crippen LogP contribution in [0.4, 0.5) is 9.18 Å². The van der Waals surface area contributed by atoms with Gasteiger partial charge in [-0.05, 0) is 105 Å². The van der Waals surface area contributed by atoms with Crippen LogP contribution in [0.25, 0.3) is 10.9 Å². The molecule has 3 fully saturated rings. The molecular formula is C41H55FN4O9S. The molecule has 56 heavy (non-hydrogen) atoms. The number of ether oxygens (including phenoxy) is 3. The predicted molar refractivity (Wildman–Crippen MR) is 207 cm³/mol. The Balaban J connectivity index is 1.35. The van der Waals surface area contributed by atoms with Gasteiger partial charge in [-0.25, -0.2) is 22.6 Å². The van der Waals surface area contributed by atoms with Crippen molar-refractivity contribution in [3.05, 3.63) is 41.7 Å². The fourth-order valence-corrected chi connectivity index (χ4v) is 9.00. The quantitative estimate of drug-likeness (QED) is 0.294. The molecule has 1 aromatic heterocycles. The van der Waals surface area contributed by atoms with E-state index >= 15 is 0 Å². The number of hydrogen-bond donors (Lipinski definition) is 2. The van der Waals surface area contributed by atoms with Crippen molar-refractivity contribution >= 4 is 44.6 Å². The van der Waals surface area contributed by atoms with E-state index in [2.05, 4.69) is 15.0 Å². The summed E-state index contributed by atoms with van der Waals surface area (Å²) in [5.41, 5.74) is -1.48. The van der Waals surface area contributed by atoms with E-state index in [9.17, 15) is 32.0 Å². The lowest BCUT2D eigenvalue weighted by atomic mass is 9.91. The molecule has 6 rings (SSSR count). The topological polar surface area (TPSA) is 170 Å². The van der Waals surface area contributed by atoms with Gasteiger partial charge in [0.25, 0.3) is 0 Å². The van der Waals surface area contributed by atoms with E-state index in [0.29, 0.717) is 54.3 Å². The van der Waals surface area contributed by atoms with E-state index in [-0.39, 0.29) is 43.7 Å². The molecule has 2 N–H and O–H groups in total. The van der Waals surface area contributed by atoms with Crippen molar-refractivity contribution in [3.63, 3.8) is 0 Å². The minimum Gasteiger partial charge on any atom is -0.488 e. The number of amides is 3. The molecule has 2 aliphatic carbocycles. The zero-order valence-electron chi connectivity index (χ0n) is 33.4. The molecule has 5 atom stereocenters. The molecule has 0 radical (unpaired) electrons. The summed E-state index contributed by atoms with van der Waals surface area (Å²) in [5.74, 6) is -1.89. The second-order valence-corrected chi connectivity index (χ2v) is 19.6. The van der Waals surface area contributed by atoms with Crippen LogP contribution < -0.4 is 19.5 Å². The molecule has 0 spiro atoms. The lowest BCUT2D eigenvalue weighted by Gasteiger charge is -2.30. The Morgan fingerprint density at radius 2 is 1.84 bits per heavy atom. The molecule has 0 bridgehead atoms. The first-order valence-electron chi connectivity index (χ1n) is 19.7. The highest BCUT2D eigenvalue weighted by atomic mass is 32.2. The lowest BCUT2D eigenvalue weighted by molar-refractivity contribution is -0.140. The number of aromatic nitrogens is 1. The molecule has 15 heteroatoms. The van der Waals surface area contributed by atoms with Crippen LogP contribution >= 0.6 is 0 Å². The first kappa shape index (κ1) is 41.4. The highest BCUT2D eigenvalue weighted by Crippen LogP contribution is 2.57. The molecule has 2 aliphatic heterocycles. The van der Waals surface area contributed by atoms with Crippen molar-refractivity contribution in [2.75, 3.05) is 6.54 Å². The zero-order chi connectivity index (χ0) is 40.8. The molecule has 3 heterocycles. The van der Waals surface area contributed by atoms with Crippen molar-refractivity contribution < 1.29 is 46.2 Å². The van der Waals surface area contributed by atoms with E-state index in [4.69, 9.17) is 14.2 Å². The number of halogens is 1. The maximum atomic E-state index is 14.7. The average Bonchev–Trinajstić information content (AvgIpc) is 3.97. The number of carbonyl (C=O) groups is 4. The number of pyridine rings is 1. The summed E-state index contributed by atoms with van der Waals surface area (Å²) in [4.78, 5) is 62.1. The summed E-state index contributed by atoms with van der Waals surface area (Å²) < 4.78 is 60.4. The first-order valence-corrected chi connectivity index (χ1v) is 21.2. The molecule has 2 aromatic rings. The van der Waals surface area contributed by atoms with Crippen molar-refractivity contribution in [3.8, 4) is 11.6 Å². The Bertz CT molecular complexity index is 2030. The third kappa shape index (κ3) is 8.97. The normalized spacial score (nSPS) is 27.3. The Labute approximate surface area is 328 Å². The van der Waals surface area contributed by atoms with Crippen LogP contribution in [0.1, 0.15) is 111 Å². The maximum absolute atomic E-state index is 14.7. The Morgan fingerprint density at radius 1 is 1.11 bits per heavy atom. The highest BCUT2D eigenvalue weighted by molar-refractivity contribution is 7.91. The lowest BCUT2D eigenvalue weighted by Crippen LogP contribution is -2.53. The summed E-state index contributed by atoms with van der Waals surface area (Å²) in [7, 11) is -3.98. The number of nitrogens with zero attached hydrogens (tertiary/aromatic N) is 2. The number of Topliss-reactive ketones (excluding diaryl/α,β-unsaturated/α-hetero) is 1. The number of hydrogen-bond acceptors (Lipinski definition) is 10. The monoisotopic (exact) mass is 798 g/mol. The fourth-order valence-electron chi connectivity index (χ4n) is 7.67. The van der Waals surface area contributed by atoms with E-state index in [1.54, 1.807) is 46.8 Å². The van der Waals surface area contributed by atoms with Crippen LogP contribution in [0.15, 0.2) is 30.4 Å². The number of ketones is 1. The van der Waals surface area contributed by atoms with Crippen LogP contribution in [0, 0.1) is 24.1 Å². The summed E-state index contributed by atoms with van der Waals surface area (Å²) in [5, 5.41) is 3.26. The van der Waals surface area contributed by atoms with Crippen molar-refractivity contribution in [2.45, 2.75) is 147 Å². The molecule has 4 aliphatic rings. The smallest absolute Gasteiger partial charge is 0.408 e.